The van der Waals surface area contributed by atoms with E-state index in [0.29, 0.717) is 5.56 Å². The molecule has 24 heavy (non-hydrogen) atoms. The van der Waals surface area contributed by atoms with Gasteiger partial charge in [-0.15, -0.1) is 0 Å². The van der Waals surface area contributed by atoms with Crippen molar-refractivity contribution in [3.63, 3.8) is 0 Å². The van der Waals surface area contributed by atoms with Gasteiger partial charge in [0.1, 0.15) is 0 Å². The fourth-order valence-corrected chi connectivity index (χ4v) is 2.66. The van der Waals surface area contributed by atoms with Crippen molar-refractivity contribution in [2.75, 3.05) is 0 Å². The molecule has 1 aromatic carbocycles. The summed E-state index contributed by atoms with van der Waals surface area (Å²) in [4.78, 5) is 8.91. The smallest absolute Gasteiger partial charge is 0.154 e. The average molecular weight is 311 g/mol. The van der Waals surface area contributed by atoms with Gasteiger partial charge in [0.05, 0.1) is 29.0 Å². The van der Waals surface area contributed by atoms with Gasteiger partial charge in [-0.25, -0.2) is 9.67 Å². The van der Waals surface area contributed by atoms with Gasteiger partial charge in [0, 0.05) is 22.8 Å². The second-order valence-electron chi connectivity index (χ2n) is 5.51. The van der Waals surface area contributed by atoms with Crippen LogP contribution in [0, 0.1) is 18.3 Å². The fraction of sp³-hybridized carbons (Fsp3) is 0.0526. The van der Waals surface area contributed by atoms with Crippen molar-refractivity contribution in [3.05, 3.63) is 72.2 Å². The zero-order valence-corrected chi connectivity index (χ0v) is 13.0. The highest BCUT2D eigenvalue weighted by atomic mass is 15.3. The van der Waals surface area contributed by atoms with Gasteiger partial charge < -0.3 is 0 Å². The Morgan fingerprint density at radius 3 is 2.83 bits per heavy atom. The number of hydrogen-bond donors (Lipinski definition) is 0. The van der Waals surface area contributed by atoms with E-state index in [2.05, 4.69) is 21.1 Å². The van der Waals surface area contributed by atoms with Gasteiger partial charge >= 0.3 is 0 Å². The molecule has 0 unspecified atom stereocenters. The maximum atomic E-state index is 9.07. The number of fused-ring (bicyclic) bond motifs is 1. The largest absolute Gasteiger partial charge is 0.256 e. The Bertz CT molecular complexity index is 1090. The van der Waals surface area contributed by atoms with Crippen LogP contribution in [0.25, 0.3) is 28.0 Å². The molecule has 4 aromatic rings. The number of hydrogen-bond acceptors (Lipinski definition) is 4. The number of rotatable bonds is 2. The summed E-state index contributed by atoms with van der Waals surface area (Å²) in [7, 11) is 0. The lowest BCUT2D eigenvalue weighted by atomic mass is 10.1. The minimum atomic E-state index is 0.592. The van der Waals surface area contributed by atoms with Crippen LogP contribution in [0.15, 0.2) is 60.9 Å². The predicted octanol–water partition coefficient (Wildman–Crippen LogP) is 3.66. The van der Waals surface area contributed by atoms with E-state index in [1.807, 2.05) is 54.2 Å². The van der Waals surface area contributed by atoms with E-state index < -0.39 is 0 Å². The average Bonchev–Trinajstić information content (AvgIpc) is 3.05. The van der Waals surface area contributed by atoms with Crippen LogP contribution in [-0.4, -0.2) is 19.7 Å². The maximum Gasteiger partial charge on any atom is 0.154 e. The lowest BCUT2D eigenvalue weighted by Crippen LogP contribution is -2.00. The molecule has 0 aliphatic carbocycles. The molecule has 0 bridgehead atoms. The minimum absolute atomic E-state index is 0.592. The van der Waals surface area contributed by atoms with Crippen molar-refractivity contribution in [2.24, 2.45) is 0 Å². The molecule has 0 aliphatic rings. The molecule has 5 nitrogen and oxygen atoms in total. The SMILES string of the molecule is Cc1cccc(-n2ncc3ccc(-c4cc(C#N)ccn4)cc32)n1. The normalized spacial score (nSPS) is 10.7. The number of pyridine rings is 2. The fourth-order valence-electron chi connectivity index (χ4n) is 2.66. The summed E-state index contributed by atoms with van der Waals surface area (Å²) in [6.45, 7) is 1.96. The topological polar surface area (TPSA) is 67.4 Å². The summed E-state index contributed by atoms with van der Waals surface area (Å²) in [6.07, 6.45) is 3.47. The van der Waals surface area contributed by atoms with Crippen LogP contribution in [0.2, 0.25) is 0 Å². The first kappa shape index (κ1) is 14.1. The second kappa shape index (κ2) is 5.60. The first-order valence-electron chi connectivity index (χ1n) is 7.53. The quantitative estimate of drug-likeness (QED) is 0.566. The first-order valence-corrected chi connectivity index (χ1v) is 7.53. The Hall–Kier alpha value is -3.52. The van der Waals surface area contributed by atoms with Crippen LogP contribution in [0.3, 0.4) is 0 Å². The van der Waals surface area contributed by atoms with E-state index in [9.17, 15) is 0 Å². The van der Waals surface area contributed by atoms with Crippen molar-refractivity contribution in [2.45, 2.75) is 6.92 Å². The maximum absolute atomic E-state index is 9.07. The predicted molar refractivity (Wildman–Crippen MR) is 91.5 cm³/mol. The van der Waals surface area contributed by atoms with Crippen molar-refractivity contribution in [1.82, 2.24) is 19.7 Å². The standard InChI is InChI=1S/C19H13N5/c1-13-3-2-4-19(23-13)24-18-10-15(5-6-16(18)12-22-24)17-9-14(11-20)7-8-21-17/h2-10,12H,1H3. The van der Waals surface area contributed by atoms with Crippen molar-refractivity contribution in [1.29, 1.82) is 5.26 Å². The summed E-state index contributed by atoms with van der Waals surface area (Å²) < 4.78 is 1.82. The summed E-state index contributed by atoms with van der Waals surface area (Å²) in [5.41, 5.74) is 4.19. The molecule has 114 valence electrons. The summed E-state index contributed by atoms with van der Waals surface area (Å²) >= 11 is 0. The highest BCUT2D eigenvalue weighted by molar-refractivity contribution is 5.85. The Morgan fingerprint density at radius 1 is 1.08 bits per heavy atom. The first-order chi connectivity index (χ1) is 11.7. The van der Waals surface area contributed by atoms with Gasteiger partial charge in [-0.2, -0.15) is 10.4 Å². The van der Waals surface area contributed by atoms with Crippen LogP contribution in [-0.2, 0) is 0 Å². The molecule has 0 fully saturated rings. The van der Waals surface area contributed by atoms with Crippen LogP contribution < -0.4 is 0 Å². The number of benzene rings is 1. The molecule has 3 aromatic heterocycles. The lowest BCUT2D eigenvalue weighted by molar-refractivity contribution is 0.867. The van der Waals surface area contributed by atoms with Gasteiger partial charge in [-0.05, 0) is 37.3 Å². The third-order valence-electron chi connectivity index (χ3n) is 3.85. The number of nitrogens with zero attached hydrogens (tertiary/aromatic N) is 5. The Morgan fingerprint density at radius 2 is 2.00 bits per heavy atom. The molecule has 0 saturated carbocycles. The molecule has 0 spiro atoms. The second-order valence-corrected chi connectivity index (χ2v) is 5.51. The molecule has 0 atom stereocenters. The molecule has 3 heterocycles. The Kier molecular flexibility index (Phi) is 3.29. The van der Waals surface area contributed by atoms with Crippen LogP contribution in [0.1, 0.15) is 11.3 Å². The van der Waals surface area contributed by atoms with Gasteiger partial charge in [0.25, 0.3) is 0 Å². The molecule has 0 radical (unpaired) electrons. The van der Waals surface area contributed by atoms with E-state index in [0.717, 1.165) is 33.7 Å². The van der Waals surface area contributed by atoms with Crippen LogP contribution in [0.5, 0.6) is 0 Å². The highest BCUT2D eigenvalue weighted by Gasteiger charge is 2.09. The third kappa shape index (κ3) is 2.40. The molecule has 0 N–H and O–H groups in total. The molecular weight excluding hydrogens is 298 g/mol. The Labute approximate surface area is 138 Å². The van der Waals surface area contributed by atoms with E-state index in [4.69, 9.17) is 5.26 Å². The number of nitriles is 1. The van der Waals surface area contributed by atoms with Gasteiger partial charge in [0.2, 0.25) is 0 Å². The van der Waals surface area contributed by atoms with Crippen LogP contribution in [0.4, 0.5) is 0 Å². The monoisotopic (exact) mass is 311 g/mol. The van der Waals surface area contributed by atoms with Crippen LogP contribution >= 0.6 is 0 Å². The molecule has 5 heteroatoms. The van der Waals surface area contributed by atoms with Crippen molar-refractivity contribution < 1.29 is 0 Å². The zero-order chi connectivity index (χ0) is 16.5. The van der Waals surface area contributed by atoms with E-state index in [1.54, 1.807) is 18.3 Å². The lowest BCUT2D eigenvalue weighted by Gasteiger charge is -2.05. The van der Waals surface area contributed by atoms with Gasteiger partial charge in [-0.1, -0.05) is 18.2 Å². The third-order valence-corrected chi connectivity index (χ3v) is 3.85. The van der Waals surface area contributed by atoms with E-state index in [-0.39, 0.29) is 0 Å². The molecule has 4 rings (SSSR count). The van der Waals surface area contributed by atoms with E-state index in [1.165, 1.54) is 0 Å². The molecule has 0 aliphatic heterocycles. The summed E-state index contributed by atoms with van der Waals surface area (Å²) in [5.74, 6) is 0.779. The van der Waals surface area contributed by atoms with Crippen molar-refractivity contribution in [3.8, 4) is 23.1 Å². The Balaban J connectivity index is 1.89. The summed E-state index contributed by atoms with van der Waals surface area (Å²) in [5, 5.41) is 14.5. The van der Waals surface area contributed by atoms with Gasteiger partial charge in [0.15, 0.2) is 5.82 Å². The highest BCUT2D eigenvalue weighted by Crippen LogP contribution is 2.25. The molecule has 0 saturated heterocycles. The summed E-state index contributed by atoms with van der Waals surface area (Å²) in [6, 6.07) is 17.5. The molecular formula is C19H13N5. The van der Waals surface area contributed by atoms with Gasteiger partial charge in [-0.3, -0.25) is 4.98 Å². The zero-order valence-electron chi connectivity index (χ0n) is 13.0. The molecule has 0 amide bonds. The number of aromatic nitrogens is 4. The minimum Gasteiger partial charge on any atom is -0.256 e. The number of aryl methyl sites for hydroxylation is 1. The van der Waals surface area contributed by atoms with Crippen molar-refractivity contribution >= 4 is 10.9 Å². The van der Waals surface area contributed by atoms with E-state index >= 15 is 0 Å².